The molecular formula is C13H14F3IN2O. The van der Waals surface area contributed by atoms with Crippen molar-refractivity contribution >= 4 is 34.3 Å². The number of amides is 1. The SMILES string of the molecule is O=C(Nc1ccc(I)cn1)C1CCCC(C(F)(F)F)C1. The molecule has 2 rings (SSSR count). The van der Waals surface area contributed by atoms with Crippen LogP contribution in [0.2, 0.25) is 0 Å². The topological polar surface area (TPSA) is 42.0 Å². The van der Waals surface area contributed by atoms with Crippen LogP contribution in [0.1, 0.15) is 25.7 Å². The molecule has 1 N–H and O–H groups in total. The van der Waals surface area contributed by atoms with E-state index in [1.165, 1.54) is 0 Å². The number of hydrogen-bond donors (Lipinski definition) is 1. The first-order valence-corrected chi connectivity index (χ1v) is 7.43. The molecule has 1 fully saturated rings. The average Bonchev–Trinajstić information content (AvgIpc) is 2.40. The summed E-state index contributed by atoms with van der Waals surface area (Å²) in [6.45, 7) is 0. The van der Waals surface area contributed by atoms with Crippen molar-refractivity contribution in [1.82, 2.24) is 4.98 Å². The van der Waals surface area contributed by atoms with E-state index in [0.717, 1.165) is 3.57 Å². The third-order valence-corrected chi connectivity index (χ3v) is 4.12. The van der Waals surface area contributed by atoms with E-state index in [-0.39, 0.29) is 18.7 Å². The average molecular weight is 398 g/mol. The molecule has 1 amide bonds. The summed E-state index contributed by atoms with van der Waals surface area (Å²) in [6, 6.07) is 3.42. The predicted octanol–water partition coefficient (Wildman–Crippen LogP) is 3.99. The molecule has 1 aliphatic carbocycles. The summed E-state index contributed by atoms with van der Waals surface area (Å²) in [4.78, 5) is 16.0. The summed E-state index contributed by atoms with van der Waals surface area (Å²) >= 11 is 2.08. The normalized spacial score (nSPS) is 23.4. The van der Waals surface area contributed by atoms with Crippen LogP contribution in [0.3, 0.4) is 0 Å². The van der Waals surface area contributed by atoms with Crippen LogP contribution >= 0.6 is 22.6 Å². The molecule has 0 radical (unpaired) electrons. The maximum absolute atomic E-state index is 12.7. The van der Waals surface area contributed by atoms with Crippen molar-refractivity contribution in [2.75, 3.05) is 5.32 Å². The van der Waals surface area contributed by atoms with Crippen LogP contribution in [0.15, 0.2) is 18.3 Å². The summed E-state index contributed by atoms with van der Waals surface area (Å²) in [7, 11) is 0. The molecule has 0 bridgehead atoms. The van der Waals surface area contributed by atoms with Gasteiger partial charge in [-0.1, -0.05) is 6.42 Å². The van der Waals surface area contributed by atoms with Gasteiger partial charge in [-0.15, -0.1) is 0 Å². The van der Waals surface area contributed by atoms with Gasteiger partial charge in [0.1, 0.15) is 5.82 Å². The highest BCUT2D eigenvalue weighted by Gasteiger charge is 2.43. The van der Waals surface area contributed by atoms with E-state index in [9.17, 15) is 18.0 Å². The van der Waals surface area contributed by atoms with Gasteiger partial charge in [0, 0.05) is 15.7 Å². The maximum atomic E-state index is 12.7. The first-order valence-electron chi connectivity index (χ1n) is 6.35. The Labute approximate surface area is 128 Å². The van der Waals surface area contributed by atoms with Crippen molar-refractivity contribution in [2.45, 2.75) is 31.9 Å². The molecule has 1 saturated carbocycles. The van der Waals surface area contributed by atoms with Gasteiger partial charge in [-0.3, -0.25) is 4.79 Å². The summed E-state index contributed by atoms with van der Waals surface area (Å²) in [5.41, 5.74) is 0. The lowest BCUT2D eigenvalue weighted by atomic mass is 9.80. The van der Waals surface area contributed by atoms with Crippen molar-refractivity contribution in [1.29, 1.82) is 0 Å². The molecule has 20 heavy (non-hydrogen) atoms. The Morgan fingerprint density at radius 2 is 2.10 bits per heavy atom. The molecule has 110 valence electrons. The van der Waals surface area contributed by atoms with E-state index in [1.807, 2.05) is 0 Å². The van der Waals surface area contributed by atoms with Gasteiger partial charge in [0.15, 0.2) is 0 Å². The number of carbonyl (C=O) groups excluding carboxylic acids is 1. The number of carbonyl (C=O) groups is 1. The molecule has 2 unspecified atom stereocenters. The summed E-state index contributed by atoms with van der Waals surface area (Å²) < 4.78 is 39.0. The van der Waals surface area contributed by atoms with Crippen LogP contribution in [-0.2, 0) is 4.79 Å². The fourth-order valence-electron chi connectivity index (χ4n) is 2.40. The van der Waals surface area contributed by atoms with Crippen LogP contribution in [0.25, 0.3) is 0 Å². The zero-order valence-electron chi connectivity index (χ0n) is 10.6. The van der Waals surface area contributed by atoms with Crippen LogP contribution in [0.4, 0.5) is 19.0 Å². The van der Waals surface area contributed by atoms with Crippen molar-refractivity contribution in [3.63, 3.8) is 0 Å². The van der Waals surface area contributed by atoms with Gasteiger partial charge in [0.25, 0.3) is 0 Å². The highest BCUT2D eigenvalue weighted by atomic mass is 127. The van der Waals surface area contributed by atoms with Crippen LogP contribution < -0.4 is 5.32 Å². The van der Waals surface area contributed by atoms with Gasteiger partial charge in [0.05, 0.1) is 5.92 Å². The van der Waals surface area contributed by atoms with E-state index >= 15 is 0 Å². The molecule has 0 aromatic carbocycles. The largest absolute Gasteiger partial charge is 0.391 e. The zero-order valence-corrected chi connectivity index (χ0v) is 12.7. The molecule has 1 aromatic heterocycles. The lowest BCUT2D eigenvalue weighted by Crippen LogP contribution is -2.34. The minimum atomic E-state index is -4.21. The first kappa shape index (κ1) is 15.5. The molecule has 0 saturated heterocycles. The first-order chi connectivity index (χ1) is 9.36. The van der Waals surface area contributed by atoms with E-state index in [1.54, 1.807) is 18.3 Å². The number of nitrogens with one attached hydrogen (secondary N) is 1. The van der Waals surface area contributed by atoms with Gasteiger partial charge < -0.3 is 5.32 Å². The van der Waals surface area contributed by atoms with Crippen LogP contribution in [0.5, 0.6) is 0 Å². The van der Waals surface area contributed by atoms with Crippen molar-refractivity contribution in [3.05, 3.63) is 21.9 Å². The lowest BCUT2D eigenvalue weighted by Gasteiger charge is -2.29. The molecule has 0 aliphatic heterocycles. The van der Waals surface area contributed by atoms with Gasteiger partial charge >= 0.3 is 6.18 Å². The fraction of sp³-hybridized carbons (Fsp3) is 0.538. The third-order valence-electron chi connectivity index (χ3n) is 3.49. The predicted molar refractivity (Wildman–Crippen MR) is 77.1 cm³/mol. The number of nitrogens with zero attached hydrogens (tertiary/aromatic N) is 1. The van der Waals surface area contributed by atoms with Crippen molar-refractivity contribution in [2.24, 2.45) is 11.8 Å². The fourth-order valence-corrected chi connectivity index (χ4v) is 2.72. The molecule has 7 heteroatoms. The third kappa shape index (κ3) is 4.07. The second-order valence-electron chi connectivity index (χ2n) is 4.95. The number of hydrogen-bond acceptors (Lipinski definition) is 2. The monoisotopic (exact) mass is 398 g/mol. The number of pyridine rings is 1. The smallest absolute Gasteiger partial charge is 0.310 e. The van der Waals surface area contributed by atoms with Crippen molar-refractivity contribution in [3.8, 4) is 0 Å². The van der Waals surface area contributed by atoms with E-state index in [2.05, 4.69) is 32.9 Å². The summed E-state index contributed by atoms with van der Waals surface area (Å²) in [5, 5.41) is 2.59. The number of rotatable bonds is 2. The van der Waals surface area contributed by atoms with E-state index in [0.29, 0.717) is 18.7 Å². The Balaban J connectivity index is 1.97. The lowest BCUT2D eigenvalue weighted by molar-refractivity contribution is -0.185. The second-order valence-corrected chi connectivity index (χ2v) is 6.20. The minimum absolute atomic E-state index is 0.120. The number of halogens is 4. The molecular weight excluding hydrogens is 384 g/mol. The van der Waals surface area contributed by atoms with Gasteiger partial charge in [-0.2, -0.15) is 13.2 Å². The van der Waals surface area contributed by atoms with Crippen molar-refractivity contribution < 1.29 is 18.0 Å². The molecule has 1 aromatic rings. The van der Waals surface area contributed by atoms with Gasteiger partial charge in [-0.05, 0) is 54.0 Å². The molecule has 1 aliphatic rings. The Kier molecular flexibility index (Phi) is 4.87. The number of alkyl halides is 3. The highest BCUT2D eigenvalue weighted by Crippen LogP contribution is 2.40. The molecule has 3 nitrogen and oxygen atoms in total. The Bertz CT molecular complexity index is 475. The van der Waals surface area contributed by atoms with Gasteiger partial charge in [-0.25, -0.2) is 4.98 Å². The Hall–Kier alpha value is -0.860. The Morgan fingerprint density at radius 3 is 2.70 bits per heavy atom. The van der Waals surface area contributed by atoms with E-state index in [4.69, 9.17) is 0 Å². The molecule has 2 atom stereocenters. The number of aromatic nitrogens is 1. The zero-order chi connectivity index (χ0) is 14.8. The summed E-state index contributed by atoms with van der Waals surface area (Å²) in [5.74, 6) is -1.94. The quantitative estimate of drug-likeness (QED) is 0.766. The molecule has 0 spiro atoms. The maximum Gasteiger partial charge on any atom is 0.391 e. The minimum Gasteiger partial charge on any atom is -0.310 e. The standard InChI is InChI=1S/C13H14F3IN2O/c14-13(15,16)9-3-1-2-8(6-9)12(20)19-11-5-4-10(17)7-18-11/h4-5,7-9H,1-3,6H2,(H,18,19,20). The van der Waals surface area contributed by atoms with Crippen LogP contribution in [0, 0.1) is 15.4 Å². The Morgan fingerprint density at radius 1 is 1.35 bits per heavy atom. The van der Waals surface area contributed by atoms with Crippen LogP contribution in [-0.4, -0.2) is 17.1 Å². The molecule has 1 heterocycles. The highest BCUT2D eigenvalue weighted by molar-refractivity contribution is 14.1. The second kappa shape index (κ2) is 6.28. The van der Waals surface area contributed by atoms with E-state index < -0.39 is 18.0 Å². The summed E-state index contributed by atoms with van der Waals surface area (Å²) in [6.07, 6.45) is -1.68. The number of anilines is 1. The van der Waals surface area contributed by atoms with Gasteiger partial charge in [0.2, 0.25) is 5.91 Å².